The minimum absolute atomic E-state index is 0.0136. The predicted octanol–water partition coefficient (Wildman–Crippen LogP) is 10.4. The summed E-state index contributed by atoms with van der Waals surface area (Å²) in [5.41, 5.74) is 6.19. The third-order valence-corrected chi connectivity index (χ3v) is 8.08. The Hall–Kier alpha value is -3.20. The first-order valence-electron chi connectivity index (χ1n) is 12.2. The Morgan fingerprint density at radius 3 is 1.42 bits per heavy atom. The Morgan fingerprint density at radius 2 is 0.944 bits per heavy atom. The summed E-state index contributed by atoms with van der Waals surface area (Å²) in [5.74, 6) is 0. The van der Waals surface area contributed by atoms with Crippen LogP contribution in [-0.2, 0) is 5.41 Å². The molecule has 0 unspecified atom stereocenters. The van der Waals surface area contributed by atoms with Gasteiger partial charge in [0, 0.05) is 19.6 Å². The van der Waals surface area contributed by atoms with Crippen LogP contribution in [0.4, 0.5) is 0 Å². The zero-order valence-corrected chi connectivity index (χ0v) is 22.5. The van der Waals surface area contributed by atoms with Crippen LogP contribution in [0.15, 0.2) is 141 Å². The van der Waals surface area contributed by atoms with Gasteiger partial charge in [-0.25, -0.2) is 0 Å². The second-order valence-electron chi connectivity index (χ2n) is 9.77. The van der Waals surface area contributed by atoms with E-state index in [4.69, 9.17) is 0 Å². The highest BCUT2D eigenvalue weighted by Gasteiger charge is 2.22. The zero-order chi connectivity index (χ0) is 25.0. The van der Waals surface area contributed by atoms with E-state index >= 15 is 0 Å². The number of hydrogen-bond acceptors (Lipinski definition) is 2. The summed E-state index contributed by atoms with van der Waals surface area (Å²) in [6, 6.07) is 46.8. The van der Waals surface area contributed by atoms with Crippen molar-refractivity contribution in [3.8, 4) is 22.3 Å². The maximum absolute atomic E-state index is 3.58. The molecular weight excluding hydrogens is 473 g/mol. The molecule has 0 fully saturated rings. The van der Waals surface area contributed by atoms with Gasteiger partial charge in [0.25, 0.3) is 0 Å². The third-order valence-electron chi connectivity index (χ3n) is 6.05. The summed E-state index contributed by atoms with van der Waals surface area (Å²) in [6.45, 7) is 6.86. The molecule has 0 aliphatic heterocycles. The van der Waals surface area contributed by atoms with E-state index in [1.54, 1.807) is 23.5 Å². The Kier molecular flexibility index (Phi) is 7.36. The maximum atomic E-state index is 3.58. The van der Waals surface area contributed by atoms with Crippen LogP contribution in [0, 0.1) is 6.07 Å². The van der Waals surface area contributed by atoms with Crippen LogP contribution in [0.5, 0.6) is 0 Å². The molecule has 0 aliphatic carbocycles. The number of benzene rings is 5. The minimum Gasteiger partial charge on any atom is -0.0901 e. The van der Waals surface area contributed by atoms with E-state index in [0.29, 0.717) is 0 Å². The molecule has 5 aromatic rings. The number of hydrogen-bond donors (Lipinski definition) is 0. The van der Waals surface area contributed by atoms with E-state index in [9.17, 15) is 0 Å². The van der Waals surface area contributed by atoms with Crippen LogP contribution in [0.2, 0.25) is 0 Å². The van der Waals surface area contributed by atoms with Gasteiger partial charge in [-0.1, -0.05) is 117 Å². The molecule has 0 saturated heterocycles. The molecule has 5 rings (SSSR count). The molecular formula is C34H29S2. The topological polar surface area (TPSA) is 0 Å². The predicted molar refractivity (Wildman–Crippen MR) is 156 cm³/mol. The summed E-state index contributed by atoms with van der Waals surface area (Å²) in [5, 5.41) is 0. The van der Waals surface area contributed by atoms with Gasteiger partial charge in [0.05, 0.1) is 0 Å². The first kappa shape index (κ1) is 24.5. The summed E-state index contributed by atoms with van der Waals surface area (Å²) < 4.78 is 0. The Labute approximate surface area is 223 Å². The van der Waals surface area contributed by atoms with E-state index in [0.717, 1.165) is 5.56 Å². The largest absolute Gasteiger partial charge is 0.0901 e. The molecule has 0 spiro atoms. The Morgan fingerprint density at radius 1 is 0.500 bits per heavy atom. The third kappa shape index (κ3) is 5.78. The first-order valence-corrected chi connectivity index (χ1v) is 13.8. The lowest BCUT2D eigenvalue weighted by molar-refractivity contribution is 0.592. The van der Waals surface area contributed by atoms with Gasteiger partial charge >= 0.3 is 0 Å². The van der Waals surface area contributed by atoms with Gasteiger partial charge in [0.15, 0.2) is 0 Å². The van der Waals surface area contributed by atoms with Crippen molar-refractivity contribution in [1.82, 2.24) is 0 Å². The molecule has 1 radical (unpaired) electrons. The van der Waals surface area contributed by atoms with Crippen molar-refractivity contribution in [1.29, 1.82) is 0 Å². The molecule has 0 atom stereocenters. The summed E-state index contributed by atoms with van der Waals surface area (Å²) in [6.07, 6.45) is 0. The summed E-state index contributed by atoms with van der Waals surface area (Å²) in [7, 11) is 0. The lowest BCUT2D eigenvalue weighted by Gasteiger charge is -2.25. The highest BCUT2D eigenvalue weighted by atomic mass is 32.2. The van der Waals surface area contributed by atoms with Crippen molar-refractivity contribution in [2.24, 2.45) is 0 Å². The monoisotopic (exact) mass is 501 g/mol. The van der Waals surface area contributed by atoms with Gasteiger partial charge < -0.3 is 0 Å². The van der Waals surface area contributed by atoms with Gasteiger partial charge in [-0.3, -0.25) is 0 Å². The van der Waals surface area contributed by atoms with E-state index < -0.39 is 0 Å². The van der Waals surface area contributed by atoms with Crippen molar-refractivity contribution in [3.05, 3.63) is 133 Å². The molecule has 36 heavy (non-hydrogen) atoms. The highest BCUT2D eigenvalue weighted by molar-refractivity contribution is 7.99. The van der Waals surface area contributed by atoms with Gasteiger partial charge in [-0.15, -0.1) is 0 Å². The minimum atomic E-state index is 0.0136. The molecule has 177 valence electrons. The fraction of sp³-hybridized carbons (Fsp3) is 0.118. The summed E-state index contributed by atoms with van der Waals surface area (Å²) in [4.78, 5) is 4.98. The van der Waals surface area contributed by atoms with Crippen LogP contribution < -0.4 is 0 Å². The van der Waals surface area contributed by atoms with Crippen LogP contribution in [0.3, 0.4) is 0 Å². The fourth-order valence-electron chi connectivity index (χ4n) is 4.28. The smallest absolute Gasteiger partial charge is 0.0122 e. The maximum Gasteiger partial charge on any atom is 0.0122 e. The quantitative estimate of drug-likeness (QED) is 0.227. The lowest BCUT2D eigenvalue weighted by atomic mass is 9.79. The van der Waals surface area contributed by atoms with Gasteiger partial charge in [0.2, 0.25) is 0 Å². The van der Waals surface area contributed by atoms with E-state index in [1.165, 1.54) is 41.8 Å². The standard InChI is InChI=1S/C34H29S2/c1-34(2,3)32-16-10-15-31(25-17-21-29(22-18-25)35-27-11-6-4-7-12-27)33(32)26-19-23-30(24-20-26)36-28-13-8-5-9-14-28/h4-14,16-24H,1-3H3. The SMILES string of the molecule is CC(C)(C)c1cc[c]c(-c2ccc(Sc3ccccc3)cc2)c1-c1ccc(Sc2ccccc2)cc1. The van der Waals surface area contributed by atoms with E-state index in [2.05, 4.69) is 148 Å². The lowest BCUT2D eigenvalue weighted by Crippen LogP contribution is -2.13. The van der Waals surface area contributed by atoms with Crippen molar-refractivity contribution in [3.63, 3.8) is 0 Å². The highest BCUT2D eigenvalue weighted by Crippen LogP contribution is 2.41. The molecule has 2 heteroatoms. The molecule has 0 aliphatic rings. The fourth-order valence-corrected chi connectivity index (χ4v) is 5.95. The number of rotatable bonds is 6. The van der Waals surface area contributed by atoms with Crippen molar-refractivity contribution >= 4 is 23.5 Å². The summed E-state index contributed by atoms with van der Waals surface area (Å²) >= 11 is 3.58. The average molecular weight is 502 g/mol. The first-order chi connectivity index (χ1) is 17.5. The molecule has 0 heterocycles. The second-order valence-corrected chi connectivity index (χ2v) is 12.1. The molecule has 5 aromatic carbocycles. The molecule has 0 aromatic heterocycles. The van der Waals surface area contributed by atoms with Crippen molar-refractivity contribution in [2.45, 2.75) is 45.8 Å². The van der Waals surface area contributed by atoms with Gasteiger partial charge in [-0.2, -0.15) is 0 Å². The average Bonchev–Trinajstić information content (AvgIpc) is 2.90. The molecule has 0 saturated carbocycles. The molecule has 0 N–H and O–H groups in total. The van der Waals surface area contributed by atoms with Gasteiger partial charge in [0.1, 0.15) is 0 Å². The molecule has 0 nitrogen and oxygen atoms in total. The van der Waals surface area contributed by atoms with Crippen molar-refractivity contribution in [2.75, 3.05) is 0 Å². The van der Waals surface area contributed by atoms with Gasteiger partial charge in [-0.05, 0) is 87.8 Å². The van der Waals surface area contributed by atoms with Crippen LogP contribution in [-0.4, -0.2) is 0 Å². The van der Waals surface area contributed by atoms with E-state index in [-0.39, 0.29) is 5.41 Å². The molecule has 0 amide bonds. The Bertz CT molecular complexity index is 1410. The zero-order valence-electron chi connectivity index (χ0n) is 20.9. The molecule has 0 bridgehead atoms. The second kappa shape index (κ2) is 10.8. The normalized spacial score (nSPS) is 11.4. The van der Waals surface area contributed by atoms with Crippen LogP contribution in [0.1, 0.15) is 26.3 Å². The van der Waals surface area contributed by atoms with Crippen molar-refractivity contribution < 1.29 is 0 Å². The van der Waals surface area contributed by atoms with Crippen LogP contribution >= 0.6 is 23.5 Å². The van der Waals surface area contributed by atoms with E-state index in [1.807, 2.05) is 0 Å². The van der Waals surface area contributed by atoms with Crippen LogP contribution in [0.25, 0.3) is 22.3 Å². The Balaban J connectivity index is 1.50.